The number of hydrogen-bond donors (Lipinski definition) is 2. The quantitative estimate of drug-likeness (QED) is 0.592. The summed E-state index contributed by atoms with van der Waals surface area (Å²) in [6.45, 7) is 0. The van der Waals surface area contributed by atoms with Crippen LogP contribution < -0.4 is 11.0 Å². The van der Waals surface area contributed by atoms with Crippen LogP contribution in [0.25, 0.3) is 16.6 Å². The molecule has 0 saturated carbocycles. The second-order valence-electron chi connectivity index (χ2n) is 5.29. The number of nitrogens with zero attached hydrogens (tertiary/aromatic N) is 3. The van der Waals surface area contributed by atoms with Crippen LogP contribution in [-0.2, 0) is 7.05 Å². The number of pyridine rings is 1. The topological polar surface area (TPSA) is 84.2 Å². The maximum Gasteiger partial charge on any atom is 0.347 e. The molecule has 7 heteroatoms. The molecular weight excluding hydrogens is 294 g/mol. The first kappa shape index (κ1) is 13.3. The van der Waals surface area contributed by atoms with Crippen LogP contribution in [0.2, 0.25) is 0 Å². The van der Waals surface area contributed by atoms with Crippen molar-refractivity contribution in [2.45, 2.75) is 0 Å². The highest BCUT2D eigenvalue weighted by molar-refractivity contribution is 6.08. The molecule has 3 heterocycles. The predicted octanol–water partition coefficient (Wildman–Crippen LogP) is 1.77. The van der Waals surface area contributed by atoms with E-state index in [1.54, 1.807) is 12.1 Å². The molecular formula is C16H13N5O2. The summed E-state index contributed by atoms with van der Waals surface area (Å²) in [4.78, 5) is 24.1. The fourth-order valence-corrected chi connectivity index (χ4v) is 2.65. The number of aryl methyl sites for hydroxylation is 1. The van der Waals surface area contributed by atoms with Gasteiger partial charge in [-0.05, 0) is 30.3 Å². The molecule has 114 valence electrons. The number of hydrogen-bond acceptors (Lipinski definition) is 3. The van der Waals surface area contributed by atoms with Crippen molar-refractivity contribution in [3.05, 3.63) is 64.8 Å². The molecule has 1 amide bonds. The largest absolute Gasteiger partial charge is 0.350 e. The van der Waals surface area contributed by atoms with Gasteiger partial charge in [0, 0.05) is 30.3 Å². The molecule has 0 atom stereocenters. The van der Waals surface area contributed by atoms with E-state index < -0.39 is 0 Å². The normalized spacial score (nSPS) is 11.2. The Hall–Kier alpha value is -3.35. The number of carbonyl (C=O) groups is 1. The number of H-pyrrole nitrogens is 1. The van der Waals surface area contributed by atoms with Crippen LogP contribution >= 0.6 is 0 Å². The molecule has 23 heavy (non-hydrogen) atoms. The van der Waals surface area contributed by atoms with Crippen LogP contribution in [0.4, 0.5) is 5.69 Å². The van der Waals surface area contributed by atoms with Crippen LogP contribution in [0.5, 0.6) is 0 Å². The number of carbonyl (C=O) groups excluding carboxylic acids is 1. The van der Waals surface area contributed by atoms with Gasteiger partial charge < -0.3 is 9.88 Å². The molecule has 0 fully saturated rings. The van der Waals surface area contributed by atoms with Gasteiger partial charge in [-0.15, -0.1) is 0 Å². The molecule has 1 aromatic carbocycles. The van der Waals surface area contributed by atoms with Gasteiger partial charge in [0.2, 0.25) is 0 Å². The van der Waals surface area contributed by atoms with E-state index in [0.717, 1.165) is 16.6 Å². The van der Waals surface area contributed by atoms with Crippen molar-refractivity contribution in [1.82, 2.24) is 19.2 Å². The van der Waals surface area contributed by atoms with E-state index in [1.807, 2.05) is 42.1 Å². The van der Waals surface area contributed by atoms with E-state index in [4.69, 9.17) is 0 Å². The molecule has 4 aromatic rings. The van der Waals surface area contributed by atoms with Gasteiger partial charge in [0.15, 0.2) is 5.65 Å². The molecule has 0 aliphatic heterocycles. The molecule has 0 bridgehead atoms. The number of aromatic nitrogens is 4. The van der Waals surface area contributed by atoms with Gasteiger partial charge in [-0.1, -0.05) is 6.07 Å². The van der Waals surface area contributed by atoms with Gasteiger partial charge in [-0.25, -0.2) is 14.3 Å². The highest BCUT2D eigenvalue weighted by Crippen LogP contribution is 2.24. The SMILES string of the molecule is Cn1ccc2c(NC(=O)c3ccc4n[nH]c(=O)n4c3)cccc21. The van der Waals surface area contributed by atoms with Crippen LogP contribution in [0.3, 0.4) is 0 Å². The number of amides is 1. The number of rotatable bonds is 2. The van der Waals surface area contributed by atoms with Gasteiger partial charge in [0.1, 0.15) is 0 Å². The molecule has 0 aliphatic carbocycles. The molecule has 2 N–H and O–H groups in total. The number of aromatic amines is 1. The minimum Gasteiger partial charge on any atom is -0.350 e. The lowest BCUT2D eigenvalue weighted by atomic mass is 10.2. The van der Waals surface area contributed by atoms with E-state index in [2.05, 4.69) is 15.5 Å². The Morgan fingerprint density at radius 2 is 2.09 bits per heavy atom. The van der Waals surface area contributed by atoms with Crippen molar-refractivity contribution in [3.8, 4) is 0 Å². The molecule has 0 aliphatic rings. The molecule has 0 radical (unpaired) electrons. The maximum absolute atomic E-state index is 12.5. The summed E-state index contributed by atoms with van der Waals surface area (Å²) < 4.78 is 3.29. The Balaban J connectivity index is 1.73. The van der Waals surface area contributed by atoms with Gasteiger partial charge in [0.25, 0.3) is 5.91 Å². The van der Waals surface area contributed by atoms with E-state index in [0.29, 0.717) is 11.2 Å². The number of fused-ring (bicyclic) bond motifs is 2. The lowest BCUT2D eigenvalue weighted by Gasteiger charge is -2.07. The Morgan fingerprint density at radius 1 is 1.22 bits per heavy atom. The second-order valence-corrected chi connectivity index (χ2v) is 5.29. The summed E-state index contributed by atoms with van der Waals surface area (Å²) in [5.41, 5.74) is 2.24. The predicted molar refractivity (Wildman–Crippen MR) is 86.7 cm³/mol. The molecule has 4 rings (SSSR count). The molecule has 7 nitrogen and oxygen atoms in total. The molecule has 0 unspecified atom stereocenters. The van der Waals surface area contributed by atoms with Crippen molar-refractivity contribution in [1.29, 1.82) is 0 Å². The zero-order valence-corrected chi connectivity index (χ0v) is 12.3. The summed E-state index contributed by atoms with van der Waals surface area (Å²) in [5, 5.41) is 10.0. The van der Waals surface area contributed by atoms with Gasteiger partial charge in [-0.3, -0.25) is 4.79 Å². The van der Waals surface area contributed by atoms with Gasteiger partial charge in [0.05, 0.1) is 11.3 Å². The summed E-state index contributed by atoms with van der Waals surface area (Å²) >= 11 is 0. The van der Waals surface area contributed by atoms with E-state index in [9.17, 15) is 9.59 Å². The van der Waals surface area contributed by atoms with Crippen molar-refractivity contribution in [2.24, 2.45) is 7.05 Å². The lowest BCUT2D eigenvalue weighted by molar-refractivity contribution is 0.102. The van der Waals surface area contributed by atoms with Crippen molar-refractivity contribution in [3.63, 3.8) is 0 Å². The average molecular weight is 307 g/mol. The van der Waals surface area contributed by atoms with Gasteiger partial charge >= 0.3 is 5.69 Å². The lowest BCUT2D eigenvalue weighted by Crippen LogP contribution is -2.15. The summed E-state index contributed by atoms with van der Waals surface area (Å²) in [6.07, 6.45) is 3.42. The number of benzene rings is 1. The second kappa shape index (κ2) is 4.84. The highest BCUT2D eigenvalue weighted by atomic mass is 16.2. The van der Waals surface area contributed by atoms with Gasteiger partial charge in [-0.2, -0.15) is 5.10 Å². The summed E-state index contributed by atoms with van der Waals surface area (Å²) in [5.74, 6) is -0.281. The van der Waals surface area contributed by atoms with Crippen LogP contribution in [0.1, 0.15) is 10.4 Å². The smallest absolute Gasteiger partial charge is 0.347 e. The molecule has 0 spiro atoms. The van der Waals surface area contributed by atoms with Crippen LogP contribution in [0, 0.1) is 0 Å². The monoisotopic (exact) mass is 307 g/mol. The third-order valence-corrected chi connectivity index (χ3v) is 3.85. The highest BCUT2D eigenvalue weighted by Gasteiger charge is 2.11. The minimum absolute atomic E-state index is 0.281. The summed E-state index contributed by atoms with van der Waals surface area (Å²) in [6, 6.07) is 10.9. The van der Waals surface area contributed by atoms with Crippen molar-refractivity contribution in [2.75, 3.05) is 5.32 Å². The van der Waals surface area contributed by atoms with Crippen molar-refractivity contribution < 1.29 is 4.79 Å². The van der Waals surface area contributed by atoms with E-state index in [-0.39, 0.29) is 11.6 Å². The standard InChI is InChI=1S/C16H13N5O2/c1-20-8-7-11-12(3-2-4-13(11)20)17-15(22)10-5-6-14-18-19-16(23)21(14)9-10/h2-9H,1H3,(H,17,22)(H,19,23). The third-order valence-electron chi connectivity index (χ3n) is 3.85. The Bertz CT molecular complexity index is 1100. The first-order valence-corrected chi connectivity index (χ1v) is 7.06. The van der Waals surface area contributed by atoms with E-state index in [1.165, 1.54) is 10.6 Å². The first-order valence-electron chi connectivity index (χ1n) is 7.06. The Kier molecular flexibility index (Phi) is 2.80. The van der Waals surface area contributed by atoms with Crippen LogP contribution in [0.15, 0.2) is 53.6 Å². The fraction of sp³-hybridized carbons (Fsp3) is 0.0625. The number of nitrogens with one attached hydrogen (secondary N) is 2. The zero-order chi connectivity index (χ0) is 16.0. The average Bonchev–Trinajstić information content (AvgIpc) is 3.12. The maximum atomic E-state index is 12.5. The van der Waals surface area contributed by atoms with Crippen molar-refractivity contribution >= 4 is 28.1 Å². The molecule has 0 saturated heterocycles. The Labute approximate surface area is 130 Å². The van der Waals surface area contributed by atoms with Crippen LogP contribution in [-0.4, -0.2) is 25.1 Å². The fourth-order valence-electron chi connectivity index (χ4n) is 2.65. The third kappa shape index (κ3) is 2.10. The van der Waals surface area contributed by atoms with E-state index >= 15 is 0 Å². The Morgan fingerprint density at radius 3 is 2.96 bits per heavy atom. The minimum atomic E-state index is -0.375. The zero-order valence-electron chi connectivity index (χ0n) is 12.3. The molecule has 3 aromatic heterocycles. The number of anilines is 1. The summed E-state index contributed by atoms with van der Waals surface area (Å²) in [7, 11) is 1.95. The first-order chi connectivity index (χ1) is 11.1.